The number of ketones is 1. The van der Waals surface area contributed by atoms with Gasteiger partial charge in [-0.25, -0.2) is 9.67 Å². The van der Waals surface area contributed by atoms with E-state index in [1.165, 1.54) is 0 Å². The highest BCUT2D eigenvalue weighted by atomic mass is 79.9. The zero-order valence-electron chi connectivity index (χ0n) is 15.3. The van der Waals surface area contributed by atoms with Crippen LogP contribution in [-0.4, -0.2) is 20.5 Å². The Balaban J connectivity index is 1.67. The van der Waals surface area contributed by atoms with Crippen LogP contribution in [0.4, 0.5) is 0 Å². The Morgan fingerprint density at radius 1 is 0.867 bits per heavy atom. The maximum absolute atomic E-state index is 13.3. The molecule has 0 unspecified atom stereocenters. The summed E-state index contributed by atoms with van der Waals surface area (Å²) in [5.41, 5.74) is 5.52. The van der Waals surface area contributed by atoms with E-state index in [2.05, 4.69) is 37.9 Å². The van der Waals surface area contributed by atoms with E-state index < -0.39 is 0 Å². The van der Waals surface area contributed by atoms with Crippen molar-refractivity contribution in [2.45, 2.75) is 0 Å². The molecule has 4 nitrogen and oxygen atoms in total. The zero-order chi connectivity index (χ0) is 20.4. The molecule has 1 aliphatic carbocycles. The van der Waals surface area contributed by atoms with Gasteiger partial charge in [-0.2, -0.15) is 5.10 Å². The summed E-state index contributed by atoms with van der Waals surface area (Å²) in [7, 11) is 0. The van der Waals surface area contributed by atoms with Gasteiger partial charge in [-0.05, 0) is 30.3 Å². The number of benzene rings is 3. The van der Waals surface area contributed by atoms with Crippen molar-refractivity contribution in [3.05, 3.63) is 86.8 Å². The van der Waals surface area contributed by atoms with Crippen molar-refractivity contribution in [3.8, 4) is 27.6 Å². The second-order valence-corrected chi connectivity index (χ2v) is 9.82. The van der Waals surface area contributed by atoms with E-state index in [-0.39, 0.29) is 5.78 Å². The number of fused-ring (bicyclic) bond motifs is 4. The quantitative estimate of drug-likeness (QED) is 0.242. The minimum atomic E-state index is 0.00526. The molecule has 6 rings (SSSR count). The van der Waals surface area contributed by atoms with Crippen molar-refractivity contribution < 1.29 is 4.79 Å². The highest BCUT2D eigenvalue weighted by molar-refractivity contribution is 9.10. The Morgan fingerprint density at radius 2 is 1.67 bits per heavy atom. The van der Waals surface area contributed by atoms with Crippen LogP contribution in [0.25, 0.3) is 37.9 Å². The summed E-state index contributed by atoms with van der Waals surface area (Å²) in [6.07, 6.45) is 0. The van der Waals surface area contributed by atoms with Gasteiger partial charge in [0.15, 0.2) is 5.78 Å². The number of hydrogen-bond acceptors (Lipinski definition) is 4. The molecule has 5 aromatic rings. The lowest BCUT2D eigenvalue weighted by Gasteiger charge is -2.03. The van der Waals surface area contributed by atoms with E-state index in [0.29, 0.717) is 16.8 Å². The number of thiazole rings is 1. The number of nitrogens with zero attached hydrogens (tertiary/aromatic N) is 3. The first-order valence-corrected chi connectivity index (χ1v) is 11.6. The average molecular weight is 537 g/mol. The summed E-state index contributed by atoms with van der Waals surface area (Å²) >= 11 is 8.61. The summed E-state index contributed by atoms with van der Waals surface area (Å²) < 4.78 is 4.83. The van der Waals surface area contributed by atoms with Gasteiger partial charge in [0.1, 0.15) is 5.69 Å². The predicted molar refractivity (Wildman–Crippen MR) is 126 cm³/mol. The van der Waals surface area contributed by atoms with Gasteiger partial charge in [-0.15, -0.1) is 0 Å². The first kappa shape index (κ1) is 18.2. The van der Waals surface area contributed by atoms with Gasteiger partial charge < -0.3 is 0 Å². The molecular formula is C23H11Br2N3OS. The lowest BCUT2D eigenvalue weighted by molar-refractivity contribution is 0.104. The monoisotopic (exact) mass is 535 g/mol. The number of hydrogen-bond donors (Lipinski definition) is 0. The van der Waals surface area contributed by atoms with Crippen LogP contribution in [-0.2, 0) is 0 Å². The smallest absolute Gasteiger partial charge is 0.212 e. The van der Waals surface area contributed by atoms with E-state index in [1.54, 1.807) is 11.3 Å². The number of carbonyl (C=O) groups is 1. The molecule has 0 saturated carbocycles. The summed E-state index contributed by atoms with van der Waals surface area (Å²) in [5.74, 6) is 0.00526. The normalized spacial score (nSPS) is 12.4. The molecule has 0 N–H and O–H groups in total. The van der Waals surface area contributed by atoms with E-state index in [4.69, 9.17) is 10.1 Å². The summed E-state index contributed by atoms with van der Waals surface area (Å²) in [4.78, 5) is 18.1. The fourth-order valence-corrected chi connectivity index (χ4v) is 5.73. The lowest BCUT2D eigenvalue weighted by atomic mass is 10.0. The van der Waals surface area contributed by atoms with Gasteiger partial charge in [0.05, 0.1) is 21.5 Å². The van der Waals surface area contributed by atoms with Crippen LogP contribution >= 0.6 is 43.2 Å². The molecule has 3 aromatic carbocycles. The molecular weight excluding hydrogens is 526 g/mol. The SMILES string of the molecule is O=C1c2ccccc2-c2c1c(-c1cccc(Br)c1)nn2-c1nc2ccc(Br)cc2s1. The summed E-state index contributed by atoms with van der Waals surface area (Å²) in [5, 5.41) is 5.63. The Kier molecular flexibility index (Phi) is 4.06. The average Bonchev–Trinajstić information content (AvgIpc) is 3.41. The Bertz CT molecular complexity index is 1500. The highest BCUT2D eigenvalue weighted by Gasteiger charge is 2.35. The van der Waals surface area contributed by atoms with Crippen LogP contribution in [0.2, 0.25) is 0 Å². The minimum Gasteiger partial charge on any atom is -0.288 e. The van der Waals surface area contributed by atoms with Crippen molar-refractivity contribution in [1.82, 2.24) is 14.8 Å². The molecule has 7 heteroatoms. The topological polar surface area (TPSA) is 47.8 Å². The van der Waals surface area contributed by atoms with E-state index in [1.807, 2.05) is 65.3 Å². The Morgan fingerprint density at radius 3 is 2.50 bits per heavy atom. The number of carbonyl (C=O) groups excluding carboxylic acids is 1. The van der Waals surface area contributed by atoms with E-state index in [9.17, 15) is 4.79 Å². The van der Waals surface area contributed by atoms with Crippen LogP contribution in [0.1, 0.15) is 15.9 Å². The predicted octanol–water partition coefficient (Wildman–Crippen LogP) is 6.89. The minimum absolute atomic E-state index is 0.00526. The molecule has 0 saturated heterocycles. The second kappa shape index (κ2) is 6.70. The maximum Gasteiger partial charge on any atom is 0.212 e. The van der Waals surface area contributed by atoms with Crippen LogP contribution < -0.4 is 0 Å². The fourth-order valence-electron chi connectivity index (χ4n) is 3.86. The Hall–Kier alpha value is -2.61. The van der Waals surface area contributed by atoms with Crippen LogP contribution in [0.15, 0.2) is 75.7 Å². The van der Waals surface area contributed by atoms with Crippen molar-refractivity contribution in [3.63, 3.8) is 0 Å². The largest absolute Gasteiger partial charge is 0.288 e. The third-order valence-corrected chi connectivity index (χ3v) is 7.14. The zero-order valence-corrected chi connectivity index (χ0v) is 19.3. The fraction of sp³-hybridized carbons (Fsp3) is 0. The van der Waals surface area contributed by atoms with Crippen LogP contribution in [0, 0.1) is 0 Å². The highest BCUT2D eigenvalue weighted by Crippen LogP contribution is 2.43. The van der Waals surface area contributed by atoms with Crippen LogP contribution in [0.5, 0.6) is 0 Å². The molecule has 0 atom stereocenters. The molecule has 144 valence electrons. The summed E-state index contributed by atoms with van der Waals surface area (Å²) in [6.45, 7) is 0. The molecule has 0 spiro atoms. The molecule has 1 aliphatic rings. The van der Waals surface area contributed by atoms with Gasteiger partial charge in [0.2, 0.25) is 5.13 Å². The lowest BCUT2D eigenvalue weighted by Crippen LogP contribution is -2.00. The molecule has 0 bridgehead atoms. The maximum atomic E-state index is 13.3. The van der Waals surface area contributed by atoms with Gasteiger partial charge in [-0.3, -0.25) is 4.79 Å². The number of halogens is 2. The van der Waals surface area contributed by atoms with Crippen LogP contribution in [0.3, 0.4) is 0 Å². The van der Waals surface area contributed by atoms with Crippen molar-refractivity contribution in [2.24, 2.45) is 0 Å². The van der Waals surface area contributed by atoms with Crippen molar-refractivity contribution in [1.29, 1.82) is 0 Å². The summed E-state index contributed by atoms with van der Waals surface area (Å²) in [6, 6.07) is 21.6. The molecule has 30 heavy (non-hydrogen) atoms. The molecule has 2 heterocycles. The van der Waals surface area contributed by atoms with Crippen molar-refractivity contribution >= 4 is 59.2 Å². The molecule has 0 amide bonds. The number of aromatic nitrogens is 3. The third-order valence-electron chi connectivity index (χ3n) is 5.16. The van der Waals surface area contributed by atoms with Gasteiger partial charge >= 0.3 is 0 Å². The first-order valence-electron chi connectivity index (χ1n) is 9.20. The second-order valence-electron chi connectivity index (χ2n) is 6.98. The van der Waals surface area contributed by atoms with E-state index >= 15 is 0 Å². The van der Waals surface area contributed by atoms with Gasteiger partial charge in [-0.1, -0.05) is 79.6 Å². The molecule has 0 fully saturated rings. The standard InChI is InChI=1S/C23H11Br2N3OS/c24-13-5-3-4-12(10-13)20-19-21(15-6-1-2-7-16(15)22(19)29)28(27-20)23-26-17-9-8-14(25)11-18(17)30-23/h1-11H. The number of rotatable bonds is 2. The molecule has 0 radical (unpaired) electrons. The first-order chi connectivity index (χ1) is 14.6. The molecule has 0 aliphatic heterocycles. The van der Waals surface area contributed by atoms with Gasteiger partial charge in [0.25, 0.3) is 0 Å². The Labute approximate surface area is 192 Å². The van der Waals surface area contributed by atoms with Crippen molar-refractivity contribution in [2.75, 3.05) is 0 Å². The molecule has 2 aromatic heterocycles. The van der Waals surface area contributed by atoms with E-state index in [0.717, 1.165) is 41.1 Å². The van der Waals surface area contributed by atoms with Gasteiger partial charge in [0, 0.05) is 25.6 Å². The third kappa shape index (κ3) is 2.66.